The van der Waals surface area contributed by atoms with Crippen LogP contribution in [0.1, 0.15) is 18.9 Å². The van der Waals surface area contributed by atoms with Crippen molar-refractivity contribution in [2.75, 3.05) is 12.9 Å². The molecule has 1 unspecified atom stereocenters. The standard InChI is InChI=1S/C18H17ClN2OS.CH2O2/c1-3-23-18-20-16-10-13(15(19)11-17(16)21-18)7-4-12-5-8-14(22-2)9-6-12;2-1-3/h5,8-12H,3,6H2,1-2H3,(H,20,21);1H,(H,2,3). The fourth-order valence-corrected chi connectivity index (χ4v) is 3.16. The van der Waals surface area contributed by atoms with Crippen molar-refractivity contribution in [2.45, 2.75) is 18.5 Å². The maximum Gasteiger partial charge on any atom is 0.290 e. The van der Waals surface area contributed by atoms with Crippen LogP contribution in [0.15, 0.2) is 41.3 Å². The number of allylic oxidation sites excluding steroid dienone is 3. The number of methoxy groups -OCH3 is 1. The number of carboxylic acid groups (broad SMARTS) is 1. The molecule has 1 aromatic heterocycles. The van der Waals surface area contributed by atoms with Crippen LogP contribution in [-0.2, 0) is 9.53 Å². The first kappa shape index (κ1) is 20.0. The van der Waals surface area contributed by atoms with Crippen molar-refractivity contribution in [3.05, 3.63) is 46.7 Å². The molecule has 0 radical (unpaired) electrons. The van der Waals surface area contributed by atoms with Crippen LogP contribution in [0.4, 0.5) is 0 Å². The number of carbonyl (C=O) groups is 1. The van der Waals surface area contributed by atoms with Crippen LogP contribution in [0.5, 0.6) is 0 Å². The largest absolute Gasteiger partial charge is 0.497 e. The molecule has 1 heterocycles. The highest BCUT2D eigenvalue weighted by Crippen LogP contribution is 2.25. The maximum atomic E-state index is 8.36. The molecule has 0 saturated carbocycles. The number of nitrogens with zero attached hydrogens (tertiary/aromatic N) is 1. The summed E-state index contributed by atoms with van der Waals surface area (Å²) in [5.41, 5.74) is 2.67. The number of H-pyrrole nitrogens is 1. The molecule has 0 saturated heterocycles. The van der Waals surface area contributed by atoms with Crippen molar-refractivity contribution in [2.24, 2.45) is 5.92 Å². The lowest BCUT2D eigenvalue weighted by Crippen LogP contribution is -1.98. The molecular formula is C19H19ClN2O3S. The predicted octanol–water partition coefficient (Wildman–Crippen LogP) is 4.49. The number of hydrogen-bond acceptors (Lipinski definition) is 4. The Labute approximate surface area is 161 Å². The normalized spacial score (nSPS) is 15.3. The molecule has 2 aromatic rings. The Hall–Kier alpha value is -2.36. The number of halogens is 1. The Morgan fingerprint density at radius 1 is 1.54 bits per heavy atom. The molecule has 0 bridgehead atoms. The quantitative estimate of drug-likeness (QED) is 0.459. The predicted molar refractivity (Wildman–Crippen MR) is 105 cm³/mol. The van der Waals surface area contributed by atoms with E-state index in [-0.39, 0.29) is 12.4 Å². The lowest BCUT2D eigenvalue weighted by molar-refractivity contribution is -0.122. The second kappa shape index (κ2) is 9.95. The fraction of sp³-hybridized carbons (Fsp3) is 0.263. The van der Waals surface area contributed by atoms with E-state index in [1.807, 2.05) is 24.3 Å². The Morgan fingerprint density at radius 2 is 2.31 bits per heavy atom. The van der Waals surface area contributed by atoms with Gasteiger partial charge in [0.1, 0.15) is 5.76 Å². The summed E-state index contributed by atoms with van der Waals surface area (Å²) in [6, 6.07) is 3.84. The first-order valence-corrected chi connectivity index (χ1v) is 9.31. The molecule has 0 fully saturated rings. The summed E-state index contributed by atoms with van der Waals surface area (Å²) >= 11 is 8.02. The first-order valence-electron chi connectivity index (χ1n) is 7.95. The topological polar surface area (TPSA) is 75.2 Å². The minimum atomic E-state index is -0.250. The maximum absolute atomic E-state index is 8.36. The van der Waals surface area contributed by atoms with Crippen molar-refractivity contribution < 1.29 is 14.6 Å². The molecule has 136 valence electrons. The van der Waals surface area contributed by atoms with Crippen LogP contribution in [-0.4, -0.2) is 34.4 Å². The monoisotopic (exact) mass is 390 g/mol. The molecule has 7 heteroatoms. The van der Waals surface area contributed by atoms with Gasteiger partial charge in [0.25, 0.3) is 6.47 Å². The number of aromatic amines is 1. The third kappa shape index (κ3) is 5.32. The van der Waals surface area contributed by atoms with Crippen molar-refractivity contribution >= 4 is 40.9 Å². The van der Waals surface area contributed by atoms with E-state index in [2.05, 4.69) is 34.8 Å². The van der Waals surface area contributed by atoms with E-state index in [4.69, 9.17) is 26.2 Å². The van der Waals surface area contributed by atoms with Crippen LogP contribution in [0.25, 0.3) is 11.0 Å². The van der Waals surface area contributed by atoms with Crippen LogP contribution in [0, 0.1) is 17.8 Å². The van der Waals surface area contributed by atoms with Gasteiger partial charge in [-0.3, -0.25) is 4.79 Å². The number of benzene rings is 1. The van der Waals surface area contributed by atoms with Crippen molar-refractivity contribution in [3.63, 3.8) is 0 Å². The summed E-state index contributed by atoms with van der Waals surface area (Å²) in [7, 11) is 1.67. The van der Waals surface area contributed by atoms with Crippen molar-refractivity contribution in [1.82, 2.24) is 9.97 Å². The Morgan fingerprint density at radius 3 is 2.92 bits per heavy atom. The minimum Gasteiger partial charge on any atom is -0.497 e. The zero-order chi connectivity index (χ0) is 18.9. The van der Waals surface area contributed by atoms with Crippen LogP contribution < -0.4 is 0 Å². The zero-order valence-corrected chi connectivity index (χ0v) is 16.0. The molecule has 1 aliphatic rings. The van der Waals surface area contributed by atoms with Crippen molar-refractivity contribution in [1.29, 1.82) is 0 Å². The van der Waals surface area contributed by atoms with Crippen LogP contribution in [0.3, 0.4) is 0 Å². The van der Waals surface area contributed by atoms with Gasteiger partial charge in [0, 0.05) is 11.5 Å². The lowest BCUT2D eigenvalue weighted by Gasteiger charge is -2.09. The number of rotatable bonds is 3. The van der Waals surface area contributed by atoms with Gasteiger partial charge in [-0.2, -0.15) is 0 Å². The number of thioether (sulfide) groups is 1. The van der Waals surface area contributed by atoms with E-state index in [0.29, 0.717) is 5.02 Å². The Kier molecular flexibility index (Phi) is 7.64. The molecule has 0 aliphatic heterocycles. The SMILES string of the molecule is CCSc1nc2cc(Cl)c(C#CC3C=CC(OC)=CC3)cc2[nH]1.O=CO. The molecule has 1 aliphatic carbocycles. The second-order valence-corrected chi connectivity index (χ2v) is 6.87. The number of hydrogen-bond donors (Lipinski definition) is 2. The molecular weight excluding hydrogens is 372 g/mol. The van der Waals surface area contributed by atoms with Gasteiger partial charge < -0.3 is 14.8 Å². The van der Waals surface area contributed by atoms with E-state index in [1.165, 1.54) is 0 Å². The summed E-state index contributed by atoms with van der Waals surface area (Å²) in [4.78, 5) is 16.2. The van der Waals surface area contributed by atoms with Gasteiger partial charge >= 0.3 is 0 Å². The van der Waals surface area contributed by atoms with E-state index in [0.717, 1.165) is 39.7 Å². The molecule has 2 N–H and O–H groups in total. The van der Waals surface area contributed by atoms with Gasteiger partial charge in [-0.1, -0.05) is 48.2 Å². The summed E-state index contributed by atoms with van der Waals surface area (Å²) in [6.45, 7) is 1.85. The number of nitrogens with one attached hydrogen (secondary N) is 1. The lowest BCUT2D eigenvalue weighted by atomic mass is 10.0. The van der Waals surface area contributed by atoms with Gasteiger partial charge in [-0.05, 0) is 36.5 Å². The van der Waals surface area contributed by atoms with E-state index >= 15 is 0 Å². The summed E-state index contributed by atoms with van der Waals surface area (Å²) in [5.74, 6) is 8.51. The summed E-state index contributed by atoms with van der Waals surface area (Å²) in [5, 5.41) is 8.44. The molecule has 0 spiro atoms. The third-order valence-corrected chi connectivity index (χ3v) is 4.59. The van der Waals surface area contributed by atoms with Gasteiger partial charge in [-0.15, -0.1) is 0 Å². The number of ether oxygens (including phenoxy) is 1. The number of aromatic nitrogens is 2. The smallest absolute Gasteiger partial charge is 0.290 e. The first-order chi connectivity index (χ1) is 12.6. The van der Waals surface area contributed by atoms with E-state index in [1.54, 1.807) is 18.9 Å². The zero-order valence-electron chi connectivity index (χ0n) is 14.5. The van der Waals surface area contributed by atoms with Crippen LogP contribution >= 0.6 is 23.4 Å². The molecule has 0 amide bonds. The summed E-state index contributed by atoms with van der Waals surface area (Å²) in [6.07, 6.45) is 6.92. The fourth-order valence-electron chi connectivity index (χ4n) is 2.34. The third-order valence-electron chi connectivity index (χ3n) is 3.52. The molecule has 26 heavy (non-hydrogen) atoms. The number of imidazole rings is 1. The summed E-state index contributed by atoms with van der Waals surface area (Å²) < 4.78 is 5.18. The minimum absolute atomic E-state index is 0.189. The van der Waals surface area contributed by atoms with E-state index in [9.17, 15) is 0 Å². The highest BCUT2D eigenvalue weighted by atomic mass is 35.5. The average molecular weight is 391 g/mol. The highest BCUT2D eigenvalue weighted by Gasteiger charge is 2.08. The van der Waals surface area contributed by atoms with Crippen LogP contribution in [0.2, 0.25) is 5.02 Å². The molecule has 5 nitrogen and oxygen atoms in total. The highest BCUT2D eigenvalue weighted by molar-refractivity contribution is 7.99. The Bertz CT molecular complexity index is 893. The Balaban J connectivity index is 0.000000758. The average Bonchev–Trinajstić information content (AvgIpc) is 3.02. The molecule has 1 atom stereocenters. The second-order valence-electron chi connectivity index (χ2n) is 5.21. The van der Waals surface area contributed by atoms with Gasteiger partial charge in [0.15, 0.2) is 5.16 Å². The van der Waals surface area contributed by atoms with Gasteiger partial charge in [-0.25, -0.2) is 4.98 Å². The van der Waals surface area contributed by atoms with Gasteiger partial charge in [0.2, 0.25) is 0 Å². The molecule has 1 aromatic carbocycles. The van der Waals surface area contributed by atoms with E-state index < -0.39 is 0 Å². The van der Waals surface area contributed by atoms with Crippen molar-refractivity contribution in [3.8, 4) is 11.8 Å². The number of fused-ring (bicyclic) bond motifs is 1. The molecule has 3 rings (SSSR count). The van der Waals surface area contributed by atoms with Gasteiger partial charge in [0.05, 0.1) is 23.2 Å².